The van der Waals surface area contributed by atoms with E-state index in [4.69, 9.17) is 9.72 Å². The van der Waals surface area contributed by atoms with Gasteiger partial charge in [0.05, 0.1) is 22.5 Å². The number of ether oxygens (including phenoxy) is 1. The lowest BCUT2D eigenvalue weighted by Gasteiger charge is -2.11. The van der Waals surface area contributed by atoms with E-state index in [-0.39, 0.29) is 17.3 Å². The standard InChI is InChI=1S/C32H29N3O5S/c1-3-30-33-28-21-25(31(36)24-7-5-4-6-8-24)13-18-29(28)35(30)26-14-11-23(12-15-26)19-20-40-32(37)34-41(38,39)27-16-9-22(2)10-17-27/h4-18,21H,3,19-20H2,1-2H3,(H,34,37). The fraction of sp³-hybridized carbons (Fsp3) is 0.156. The van der Waals surface area contributed by atoms with Crippen molar-refractivity contribution in [2.24, 2.45) is 0 Å². The Balaban J connectivity index is 1.25. The first-order valence-corrected chi connectivity index (χ1v) is 14.7. The average molecular weight is 568 g/mol. The van der Waals surface area contributed by atoms with Crippen LogP contribution in [0.15, 0.2) is 102 Å². The molecule has 9 heteroatoms. The van der Waals surface area contributed by atoms with Gasteiger partial charge < -0.3 is 4.74 Å². The lowest BCUT2D eigenvalue weighted by molar-refractivity contribution is 0.103. The third kappa shape index (κ3) is 6.20. The Hall–Kier alpha value is -4.76. The molecule has 0 saturated carbocycles. The number of carbonyl (C=O) groups is 2. The van der Waals surface area contributed by atoms with Crippen LogP contribution < -0.4 is 4.72 Å². The second-order valence-corrected chi connectivity index (χ2v) is 11.3. The van der Waals surface area contributed by atoms with Gasteiger partial charge >= 0.3 is 6.09 Å². The summed E-state index contributed by atoms with van der Waals surface area (Å²) in [6.07, 6.45) is 0.0891. The van der Waals surface area contributed by atoms with Crippen molar-refractivity contribution in [2.45, 2.75) is 31.6 Å². The van der Waals surface area contributed by atoms with Gasteiger partial charge in [-0.1, -0.05) is 67.1 Å². The van der Waals surface area contributed by atoms with Gasteiger partial charge in [0.15, 0.2) is 5.78 Å². The summed E-state index contributed by atoms with van der Waals surface area (Å²) in [5.41, 5.74) is 5.60. The zero-order valence-electron chi connectivity index (χ0n) is 22.7. The lowest BCUT2D eigenvalue weighted by atomic mass is 10.0. The summed E-state index contributed by atoms with van der Waals surface area (Å²) in [6.45, 7) is 3.89. The fourth-order valence-electron chi connectivity index (χ4n) is 4.54. The Morgan fingerprint density at radius 1 is 0.878 bits per heavy atom. The number of imidazole rings is 1. The molecule has 0 unspecified atom stereocenters. The Labute approximate surface area is 238 Å². The molecule has 4 aromatic carbocycles. The number of sulfonamides is 1. The molecule has 41 heavy (non-hydrogen) atoms. The molecule has 0 aliphatic carbocycles. The molecule has 8 nitrogen and oxygen atoms in total. The number of fused-ring (bicyclic) bond motifs is 1. The summed E-state index contributed by atoms with van der Waals surface area (Å²) in [5, 5.41) is 0. The van der Waals surface area contributed by atoms with Gasteiger partial charge in [-0.2, -0.15) is 0 Å². The van der Waals surface area contributed by atoms with Gasteiger partial charge in [0, 0.05) is 29.7 Å². The zero-order valence-corrected chi connectivity index (χ0v) is 23.5. The second kappa shape index (κ2) is 11.8. The smallest absolute Gasteiger partial charge is 0.421 e. The number of rotatable bonds is 9. The van der Waals surface area contributed by atoms with Gasteiger partial charge in [-0.15, -0.1) is 0 Å². The SMILES string of the molecule is CCc1nc2cc(C(=O)c3ccccc3)ccc2n1-c1ccc(CCOC(=O)NS(=O)(=O)c2ccc(C)cc2)cc1. The molecule has 1 amide bonds. The number of hydrogen-bond acceptors (Lipinski definition) is 6. The number of benzene rings is 4. The van der Waals surface area contributed by atoms with Crippen LogP contribution in [0.2, 0.25) is 0 Å². The first kappa shape index (κ1) is 27.8. The highest BCUT2D eigenvalue weighted by Crippen LogP contribution is 2.25. The molecule has 5 rings (SSSR count). The van der Waals surface area contributed by atoms with Gasteiger partial charge in [0.1, 0.15) is 5.82 Å². The van der Waals surface area contributed by atoms with E-state index in [2.05, 4.69) is 4.57 Å². The zero-order chi connectivity index (χ0) is 29.0. The van der Waals surface area contributed by atoms with Crippen molar-refractivity contribution < 1.29 is 22.7 Å². The number of amides is 1. The van der Waals surface area contributed by atoms with Crippen molar-refractivity contribution in [3.05, 3.63) is 125 Å². The van der Waals surface area contributed by atoms with Crippen LogP contribution in [-0.4, -0.2) is 36.5 Å². The molecule has 0 radical (unpaired) electrons. The van der Waals surface area contributed by atoms with Gasteiger partial charge in [0.25, 0.3) is 10.0 Å². The highest BCUT2D eigenvalue weighted by Gasteiger charge is 2.19. The van der Waals surface area contributed by atoms with Crippen LogP contribution in [0, 0.1) is 6.92 Å². The van der Waals surface area contributed by atoms with E-state index in [9.17, 15) is 18.0 Å². The minimum absolute atomic E-state index is 0.00636. The first-order chi connectivity index (χ1) is 19.7. The van der Waals surface area contributed by atoms with Crippen molar-refractivity contribution >= 4 is 32.9 Å². The van der Waals surface area contributed by atoms with Crippen LogP contribution in [0.3, 0.4) is 0 Å². The van der Waals surface area contributed by atoms with Crippen LogP contribution in [0.5, 0.6) is 0 Å². The summed E-state index contributed by atoms with van der Waals surface area (Å²) < 4.78 is 33.8. The predicted octanol–water partition coefficient (Wildman–Crippen LogP) is 5.78. The number of nitrogens with zero attached hydrogens (tertiary/aromatic N) is 2. The maximum atomic E-state index is 12.9. The van der Waals surface area contributed by atoms with E-state index in [0.717, 1.165) is 33.7 Å². The van der Waals surface area contributed by atoms with E-state index in [1.54, 1.807) is 24.3 Å². The van der Waals surface area contributed by atoms with Crippen molar-refractivity contribution in [3.8, 4) is 5.69 Å². The molecule has 1 heterocycles. The minimum atomic E-state index is -4.00. The largest absolute Gasteiger partial charge is 0.448 e. The Morgan fingerprint density at radius 3 is 2.27 bits per heavy atom. The van der Waals surface area contributed by atoms with E-state index < -0.39 is 16.1 Å². The molecule has 1 aromatic heterocycles. The molecule has 0 bridgehead atoms. The van der Waals surface area contributed by atoms with E-state index in [1.807, 2.05) is 79.2 Å². The fourth-order valence-corrected chi connectivity index (χ4v) is 5.43. The summed E-state index contributed by atoms with van der Waals surface area (Å²) in [5.74, 6) is 0.819. The Morgan fingerprint density at radius 2 is 1.59 bits per heavy atom. The Kier molecular flexibility index (Phi) is 7.98. The van der Waals surface area contributed by atoms with Gasteiger partial charge in [0.2, 0.25) is 0 Å². The first-order valence-electron chi connectivity index (χ1n) is 13.2. The molecule has 0 atom stereocenters. The summed E-state index contributed by atoms with van der Waals surface area (Å²) in [6, 6.07) is 28.7. The summed E-state index contributed by atoms with van der Waals surface area (Å²) >= 11 is 0. The van der Waals surface area contributed by atoms with Crippen LogP contribution >= 0.6 is 0 Å². The topological polar surface area (TPSA) is 107 Å². The number of aryl methyl sites for hydroxylation is 2. The molecule has 0 spiro atoms. The van der Waals surface area contributed by atoms with Gasteiger partial charge in [-0.25, -0.2) is 22.9 Å². The van der Waals surface area contributed by atoms with Crippen LogP contribution in [0.1, 0.15) is 39.8 Å². The van der Waals surface area contributed by atoms with Crippen LogP contribution in [-0.2, 0) is 27.6 Å². The normalized spacial score (nSPS) is 11.4. The van der Waals surface area contributed by atoms with E-state index in [0.29, 0.717) is 24.0 Å². The molecule has 0 fully saturated rings. The molecule has 5 aromatic rings. The maximum Gasteiger partial charge on any atom is 0.421 e. The lowest BCUT2D eigenvalue weighted by Crippen LogP contribution is -2.31. The van der Waals surface area contributed by atoms with E-state index in [1.165, 1.54) is 12.1 Å². The average Bonchev–Trinajstić information content (AvgIpc) is 3.35. The molecule has 0 aliphatic heterocycles. The van der Waals surface area contributed by atoms with Gasteiger partial charge in [-0.3, -0.25) is 9.36 Å². The van der Waals surface area contributed by atoms with Crippen molar-refractivity contribution in [2.75, 3.05) is 6.61 Å². The summed E-state index contributed by atoms with van der Waals surface area (Å²) in [4.78, 5) is 29.8. The van der Waals surface area contributed by atoms with E-state index >= 15 is 0 Å². The van der Waals surface area contributed by atoms with Crippen LogP contribution in [0.4, 0.5) is 4.79 Å². The molecular weight excluding hydrogens is 538 g/mol. The number of carbonyl (C=O) groups excluding carboxylic acids is 2. The van der Waals surface area contributed by atoms with Crippen molar-refractivity contribution in [3.63, 3.8) is 0 Å². The molecule has 1 N–H and O–H groups in total. The summed E-state index contributed by atoms with van der Waals surface area (Å²) in [7, 11) is -4.00. The van der Waals surface area contributed by atoms with Crippen molar-refractivity contribution in [1.82, 2.24) is 14.3 Å². The second-order valence-electron chi connectivity index (χ2n) is 9.59. The maximum absolute atomic E-state index is 12.9. The quantitative estimate of drug-likeness (QED) is 0.226. The molecule has 208 valence electrons. The monoisotopic (exact) mass is 567 g/mol. The highest BCUT2D eigenvalue weighted by atomic mass is 32.2. The minimum Gasteiger partial charge on any atom is -0.448 e. The number of nitrogens with one attached hydrogen (secondary N) is 1. The number of aromatic nitrogens is 2. The third-order valence-corrected chi connectivity index (χ3v) is 8.03. The molecule has 0 aliphatic rings. The Bertz CT molecular complexity index is 1810. The number of ketones is 1. The molecule has 0 saturated heterocycles. The highest BCUT2D eigenvalue weighted by molar-refractivity contribution is 7.90. The van der Waals surface area contributed by atoms with Crippen LogP contribution in [0.25, 0.3) is 16.7 Å². The number of hydrogen-bond donors (Lipinski definition) is 1. The molecular formula is C32H29N3O5S. The predicted molar refractivity (Wildman–Crippen MR) is 157 cm³/mol. The van der Waals surface area contributed by atoms with Gasteiger partial charge in [-0.05, 0) is 55.0 Å². The third-order valence-electron chi connectivity index (χ3n) is 6.71. The van der Waals surface area contributed by atoms with Crippen molar-refractivity contribution in [1.29, 1.82) is 0 Å².